The van der Waals surface area contributed by atoms with E-state index in [2.05, 4.69) is 55.3 Å². The van der Waals surface area contributed by atoms with E-state index >= 15 is 0 Å². The Kier molecular flexibility index (Phi) is 3.46. The Morgan fingerprint density at radius 3 is 2.61 bits per heavy atom. The minimum Gasteiger partial charge on any atom is -0.358 e. The number of fused-ring (bicyclic) bond motifs is 1. The van der Waals surface area contributed by atoms with Crippen molar-refractivity contribution in [1.82, 2.24) is 10.3 Å². The minimum absolute atomic E-state index is 0.0183. The highest BCUT2D eigenvalue weighted by molar-refractivity contribution is 5.85. The van der Waals surface area contributed by atoms with Crippen LogP contribution in [-0.2, 0) is 0 Å². The number of H-pyrrole nitrogens is 1. The second-order valence-corrected chi connectivity index (χ2v) is 5.62. The van der Waals surface area contributed by atoms with Gasteiger partial charge in [-0.3, -0.25) is 0 Å². The van der Waals surface area contributed by atoms with Crippen LogP contribution in [0.25, 0.3) is 10.9 Å². The van der Waals surface area contributed by atoms with Crippen molar-refractivity contribution < 1.29 is 0 Å². The molecule has 1 heterocycles. The van der Waals surface area contributed by atoms with Crippen molar-refractivity contribution in [3.8, 4) is 0 Å². The second kappa shape index (κ2) is 4.75. The third-order valence-electron chi connectivity index (χ3n) is 3.83. The summed E-state index contributed by atoms with van der Waals surface area (Å²) in [6.45, 7) is 7.19. The Balaban J connectivity index is 2.61. The molecule has 1 atom stereocenters. The van der Waals surface area contributed by atoms with Gasteiger partial charge in [0.05, 0.1) is 0 Å². The summed E-state index contributed by atoms with van der Waals surface area (Å²) in [6.07, 6.45) is 0. The zero-order chi connectivity index (χ0) is 13.3. The molecule has 1 aromatic carbocycles. The number of para-hydroxylation sites is 1. The molecule has 0 saturated carbocycles. The molecule has 2 rings (SSSR count). The number of aromatic nitrogens is 1. The van der Waals surface area contributed by atoms with Gasteiger partial charge in [0.25, 0.3) is 0 Å². The average Bonchev–Trinajstić information content (AvgIpc) is 2.67. The summed E-state index contributed by atoms with van der Waals surface area (Å²) in [5.74, 6) is 0. The van der Waals surface area contributed by atoms with Crippen LogP contribution in [-0.4, -0.2) is 18.6 Å². The van der Waals surface area contributed by atoms with Gasteiger partial charge < -0.3 is 16.0 Å². The van der Waals surface area contributed by atoms with Crippen molar-refractivity contribution in [2.24, 2.45) is 11.1 Å². The van der Waals surface area contributed by atoms with Crippen molar-refractivity contribution in [3.05, 3.63) is 35.5 Å². The molecule has 4 N–H and O–H groups in total. The lowest BCUT2D eigenvalue weighted by Gasteiger charge is -2.33. The second-order valence-electron chi connectivity index (χ2n) is 5.62. The molecule has 3 nitrogen and oxygen atoms in total. The molecule has 3 heteroatoms. The number of hydrogen-bond acceptors (Lipinski definition) is 2. The summed E-state index contributed by atoms with van der Waals surface area (Å²) in [4.78, 5) is 3.46. The third kappa shape index (κ3) is 2.04. The lowest BCUT2D eigenvalue weighted by Crippen LogP contribution is -2.38. The Hall–Kier alpha value is -1.32. The number of nitrogens with one attached hydrogen (secondary N) is 2. The molecule has 18 heavy (non-hydrogen) atoms. The molecule has 0 amide bonds. The van der Waals surface area contributed by atoms with E-state index in [-0.39, 0.29) is 11.5 Å². The molecule has 0 radical (unpaired) electrons. The van der Waals surface area contributed by atoms with Gasteiger partial charge in [0.2, 0.25) is 0 Å². The first-order chi connectivity index (χ1) is 8.51. The standard InChI is InChI=1S/C15H23N3/c1-10-13(14(17-4)15(2,3)9-16)11-7-5-6-8-12(11)18-10/h5-8,14,17-18H,9,16H2,1-4H3. The van der Waals surface area contributed by atoms with E-state index in [1.165, 1.54) is 22.2 Å². The zero-order valence-corrected chi connectivity index (χ0v) is 11.7. The smallest absolute Gasteiger partial charge is 0.0459 e. The highest BCUT2D eigenvalue weighted by Crippen LogP contribution is 2.37. The maximum Gasteiger partial charge on any atom is 0.0459 e. The molecule has 1 unspecified atom stereocenters. The predicted octanol–water partition coefficient (Wildman–Crippen LogP) is 2.72. The van der Waals surface area contributed by atoms with Gasteiger partial charge >= 0.3 is 0 Å². The average molecular weight is 245 g/mol. The summed E-state index contributed by atoms with van der Waals surface area (Å²) in [7, 11) is 2.00. The van der Waals surface area contributed by atoms with Crippen molar-refractivity contribution in [1.29, 1.82) is 0 Å². The number of aryl methyl sites for hydroxylation is 1. The van der Waals surface area contributed by atoms with E-state index in [9.17, 15) is 0 Å². The molecular weight excluding hydrogens is 222 g/mol. The van der Waals surface area contributed by atoms with Gasteiger partial charge in [0, 0.05) is 22.6 Å². The van der Waals surface area contributed by atoms with Crippen LogP contribution in [0.5, 0.6) is 0 Å². The third-order valence-corrected chi connectivity index (χ3v) is 3.83. The van der Waals surface area contributed by atoms with Crippen LogP contribution >= 0.6 is 0 Å². The molecule has 0 fully saturated rings. The van der Waals surface area contributed by atoms with Gasteiger partial charge in [-0.05, 0) is 37.6 Å². The lowest BCUT2D eigenvalue weighted by molar-refractivity contribution is 0.266. The number of aromatic amines is 1. The van der Waals surface area contributed by atoms with Crippen LogP contribution in [0, 0.1) is 12.3 Å². The van der Waals surface area contributed by atoms with Crippen molar-refractivity contribution >= 4 is 10.9 Å². The highest BCUT2D eigenvalue weighted by atomic mass is 14.9. The summed E-state index contributed by atoms with van der Waals surface area (Å²) < 4.78 is 0. The molecule has 98 valence electrons. The zero-order valence-electron chi connectivity index (χ0n) is 11.7. The summed E-state index contributed by atoms with van der Waals surface area (Å²) in [6, 6.07) is 8.68. The van der Waals surface area contributed by atoms with E-state index in [4.69, 9.17) is 5.73 Å². The van der Waals surface area contributed by atoms with Crippen LogP contribution in [0.15, 0.2) is 24.3 Å². The Morgan fingerprint density at radius 1 is 1.33 bits per heavy atom. The van der Waals surface area contributed by atoms with E-state index in [1.807, 2.05) is 7.05 Å². The number of benzene rings is 1. The molecule has 1 aromatic heterocycles. The Bertz CT molecular complexity index is 540. The summed E-state index contributed by atoms with van der Waals surface area (Å²) in [5, 5.41) is 4.72. The SMILES string of the molecule is CNC(c1c(C)[nH]c2ccccc12)C(C)(C)CN. The first-order valence-corrected chi connectivity index (χ1v) is 6.46. The fourth-order valence-electron chi connectivity index (χ4n) is 2.71. The fourth-order valence-corrected chi connectivity index (χ4v) is 2.71. The van der Waals surface area contributed by atoms with Gasteiger partial charge in [-0.2, -0.15) is 0 Å². The maximum absolute atomic E-state index is 5.93. The first-order valence-electron chi connectivity index (χ1n) is 6.46. The molecule has 0 spiro atoms. The highest BCUT2D eigenvalue weighted by Gasteiger charge is 2.31. The van der Waals surface area contributed by atoms with Gasteiger partial charge in [-0.1, -0.05) is 32.0 Å². The maximum atomic E-state index is 5.93. The van der Waals surface area contributed by atoms with Gasteiger partial charge in [0.15, 0.2) is 0 Å². The Morgan fingerprint density at radius 2 is 2.00 bits per heavy atom. The number of hydrogen-bond donors (Lipinski definition) is 3. The van der Waals surface area contributed by atoms with E-state index in [1.54, 1.807) is 0 Å². The molecule has 0 saturated heterocycles. The van der Waals surface area contributed by atoms with E-state index < -0.39 is 0 Å². The lowest BCUT2D eigenvalue weighted by atomic mass is 9.79. The predicted molar refractivity (Wildman–Crippen MR) is 77.7 cm³/mol. The molecule has 0 aliphatic rings. The molecule has 0 aliphatic carbocycles. The molecular formula is C15H23N3. The van der Waals surface area contributed by atoms with E-state index in [0.717, 1.165) is 0 Å². The minimum atomic E-state index is 0.0183. The topological polar surface area (TPSA) is 53.8 Å². The Labute approximate surface area is 109 Å². The molecule has 0 aliphatic heterocycles. The summed E-state index contributed by atoms with van der Waals surface area (Å²) >= 11 is 0. The molecule has 0 bridgehead atoms. The van der Waals surface area contributed by atoms with Crippen molar-refractivity contribution in [3.63, 3.8) is 0 Å². The first kappa shape index (κ1) is 13.1. The van der Waals surface area contributed by atoms with Crippen LogP contribution in [0.4, 0.5) is 0 Å². The van der Waals surface area contributed by atoms with Crippen LogP contribution < -0.4 is 11.1 Å². The van der Waals surface area contributed by atoms with Gasteiger partial charge in [-0.25, -0.2) is 0 Å². The molecule has 2 aromatic rings. The fraction of sp³-hybridized carbons (Fsp3) is 0.467. The normalized spacial score (nSPS) is 14.1. The van der Waals surface area contributed by atoms with Gasteiger partial charge in [0.1, 0.15) is 0 Å². The summed E-state index contributed by atoms with van der Waals surface area (Å²) in [5.41, 5.74) is 9.70. The monoisotopic (exact) mass is 245 g/mol. The number of rotatable bonds is 4. The number of nitrogens with two attached hydrogens (primary N) is 1. The van der Waals surface area contributed by atoms with Crippen LogP contribution in [0.2, 0.25) is 0 Å². The van der Waals surface area contributed by atoms with Crippen LogP contribution in [0.1, 0.15) is 31.1 Å². The van der Waals surface area contributed by atoms with Gasteiger partial charge in [-0.15, -0.1) is 0 Å². The quantitative estimate of drug-likeness (QED) is 0.775. The van der Waals surface area contributed by atoms with Crippen LogP contribution in [0.3, 0.4) is 0 Å². The largest absolute Gasteiger partial charge is 0.358 e. The van der Waals surface area contributed by atoms with Crippen molar-refractivity contribution in [2.75, 3.05) is 13.6 Å². The van der Waals surface area contributed by atoms with Crippen molar-refractivity contribution in [2.45, 2.75) is 26.8 Å². The van der Waals surface area contributed by atoms with E-state index in [0.29, 0.717) is 6.54 Å².